The Bertz CT molecular complexity index is 1680. The van der Waals surface area contributed by atoms with Gasteiger partial charge in [-0.25, -0.2) is 22.0 Å². The quantitative estimate of drug-likeness (QED) is 0.273. The van der Waals surface area contributed by atoms with Gasteiger partial charge in [-0.1, -0.05) is 6.92 Å². The third-order valence-corrected chi connectivity index (χ3v) is 10.2. The first-order valence-electron chi connectivity index (χ1n) is 16.2. The number of halogens is 2. The van der Waals surface area contributed by atoms with E-state index in [0.717, 1.165) is 22.9 Å². The van der Waals surface area contributed by atoms with E-state index in [1.807, 2.05) is 13.8 Å². The summed E-state index contributed by atoms with van der Waals surface area (Å²) in [6, 6.07) is 13.3. The number of hydrogen-bond donors (Lipinski definition) is 3. The van der Waals surface area contributed by atoms with Crippen LogP contribution in [0.15, 0.2) is 71.6 Å². The van der Waals surface area contributed by atoms with Crippen LogP contribution in [0.1, 0.15) is 50.4 Å². The maximum absolute atomic E-state index is 14.3. The molecule has 3 aromatic rings. The van der Waals surface area contributed by atoms with E-state index < -0.39 is 51.7 Å². The predicted octanol–water partition coefficient (Wildman–Crippen LogP) is 5.73. The molecule has 0 fully saturated rings. The van der Waals surface area contributed by atoms with Gasteiger partial charge in [-0.3, -0.25) is 4.79 Å². The van der Waals surface area contributed by atoms with Gasteiger partial charge < -0.3 is 30.1 Å². The number of nitrogens with one attached hydrogen (secondary N) is 2. The van der Waals surface area contributed by atoms with Gasteiger partial charge in [0.05, 0.1) is 35.3 Å². The average Bonchev–Trinajstić information content (AvgIpc) is 3.07. The minimum Gasteiger partial charge on any atom is -0.490 e. The molecule has 14 heteroatoms. The van der Waals surface area contributed by atoms with Crippen LogP contribution in [-0.2, 0) is 14.8 Å². The van der Waals surface area contributed by atoms with Crippen LogP contribution in [-0.4, -0.2) is 86.3 Å². The number of benzene rings is 3. The van der Waals surface area contributed by atoms with Gasteiger partial charge in [0.15, 0.2) is 0 Å². The number of ether oxygens (including phenoxy) is 2. The predicted molar refractivity (Wildman–Crippen MR) is 182 cm³/mol. The summed E-state index contributed by atoms with van der Waals surface area (Å²) < 4.78 is 67.1. The average molecular weight is 703 g/mol. The highest BCUT2D eigenvalue weighted by molar-refractivity contribution is 7.89. The molecular formula is C35H44F2N4O7S. The highest BCUT2D eigenvalue weighted by Gasteiger charge is 2.32. The fourth-order valence-corrected chi connectivity index (χ4v) is 6.61. The lowest BCUT2D eigenvalue weighted by atomic mass is 10.0. The Morgan fingerprint density at radius 3 is 2.27 bits per heavy atom. The third-order valence-electron chi connectivity index (χ3n) is 8.37. The number of urea groups is 1. The Morgan fingerprint density at radius 2 is 1.61 bits per heavy atom. The van der Waals surface area contributed by atoms with Crippen molar-refractivity contribution in [3.63, 3.8) is 0 Å². The van der Waals surface area contributed by atoms with E-state index in [1.54, 1.807) is 19.1 Å². The Balaban J connectivity index is 1.62. The van der Waals surface area contributed by atoms with E-state index in [0.29, 0.717) is 36.6 Å². The summed E-state index contributed by atoms with van der Waals surface area (Å²) in [6.07, 6.45) is 1.15. The van der Waals surface area contributed by atoms with Crippen molar-refractivity contribution in [1.82, 2.24) is 9.21 Å². The zero-order valence-electron chi connectivity index (χ0n) is 28.1. The molecule has 4 rings (SSSR count). The maximum atomic E-state index is 14.3. The summed E-state index contributed by atoms with van der Waals surface area (Å²) in [5.74, 6) is -1.57. The van der Waals surface area contributed by atoms with Gasteiger partial charge in [-0.2, -0.15) is 4.31 Å². The molecule has 49 heavy (non-hydrogen) atoms. The van der Waals surface area contributed by atoms with Gasteiger partial charge >= 0.3 is 6.03 Å². The standard InChI is InChI=1S/C35H44F2N4O7S/c1-23-20-41(24(2)22-42)34(43)31-19-29(39-35(44)38-28-12-8-26(36)9-13-28)14-17-32(31)48-25(3)7-5-6-18-47-33(23)21-40(4)49(45,46)30-15-10-27(37)11-16-30/h8-17,19,23-25,33,42H,5-7,18,20-22H2,1-4H3,(H2,38,39,44)/t23-,24+,25+,33-/m0/s1. The van der Waals surface area contributed by atoms with E-state index in [2.05, 4.69) is 10.6 Å². The molecule has 11 nitrogen and oxygen atoms in total. The van der Waals surface area contributed by atoms with Crippen LogP contribution in [0.5, 0.6) is 5.75 Å². The van der Waals surface area contributed by atoms with Crippen LogP contribution in [0.3, 0.4) is 0 Å². The molecule has 3 N–H and O–H groups in total. The van der Waals surface area contributed by atoms with Gasteiger partial charge in [0.25, 0.3) is 5.91 Å². The molecule has 266 valence electrons. The Morgan fingerprint density at radius 1 is 1.00 bits per heavy atom. The molecule has 1 aliphatic rings. The van der Waals surface area contributed by atoms with Gasteiger partial charge in [0.2, 0.25) is 10.0 Å². The van der Waals surface area contributed by atoms with Crippen LogP contribution in [0.4, 0.5) is 25.0 Å². The van der Waals surface area contributed by atoms with E-state index in [1.165, 1.54) is 54.4 Å². The minimum atomic E-state index is -3.98. The first-order valence-corrected chi connectivity index (χ1v) is 17.6. The number of fused-ring (bicyclic) bond motifs is 1. The number of aliphatic hydroxyl groups is 1. The molecule has 0 aromatic heterocycles. The van der Waals surface area contributed by atoms with Crippen LogP contribution < -0.4 is 15.4 Å². The van der Waals surface area contributed by atoms with Crippen molar-refractivity contribution in [2.75, 3.05) is 44.0 Å². The molecule has 0 aliphatic carbocycles. The second-order valence-electron chi connectivity index (χ2n) is 12.3. The summed E-state index contributed by atoms with van der Waals surface area (Å²) in [4.78, 5) is 28.5. The number of likely N-dealkylation sites (N-methyl/N-ethyl adjacent to an activating group) is 1. The summed E-state index contributed by atoms with van der Waals surface area (Å²) in [7, 11) is -2.55. The van der Waals surface area contributed by atoms with E-state index in [-0.39, 0.29) is 36.3 Å². The number of sulfonamides is 1. The molecule has 4 atom stereocenters. The molecule has 0 saturated heterocycles. The van der Waals surface area contributed by atoms with Crippen molar-refractivity contribution < 1.29 is 41.4 Å². The number of carbonyl (C=O) groups is 2. The number of carbonyl (C=O) groups excluding carboxylic acids is 2. The number of hydrogen-bond acceptors (Lipinski definition) is 7. The topological polar surface area (TPSA) is 138 Å². The highest BCUT2D eigenvalue weighted by atomic mass is 32.2. The lowest BCUT2D eigenvalue weighted by molar-refractivity contribution is -0.00834. The zero-order valence-corrected chi connectivity index (χ0v) is 28.9. The second-order valence-corrected chi connectivity index (χ2v) is 14.4. The Kier molecular flexibility index (Phi) is 13.1. The summed E-state index contributed by atoms with van der Waals surface area (Å²) in [5.41, 5.74) is 0.822. The van der Waals surface area contributed by atoms with Crippen molar-refractivity contribution in [3.05, 3.63) is 83.9 Å². The number of aliphatic hydroxyl groups excluding tert-OH is 1. The van der Waals surface area contributed by atoms with Gasteiger partial charge in [0.1, 0.15) is 17.4 Å². The van der Waals surface area contributed by atoms with Gasteiger partial charge in [-0.05, 0) is 99.8 Å². The molecule has 3 aromatic carbocycles. The van der Waals surface area contributed by atoms with Crippen molar-refractivity contribution in [2.45, 2.75) is 63.2 Å². The van der Waals surface area contributed by atoms with Crippen LogP contribution in [0.2, 0.25) is 0 Å². The summed E-state index contributed by atoms with van der Waals surface area (Å²) >= 11 is 0. The van der Waals surface area contributed by atoms with Crippen molar-refractivity contribution in [2.24, 2.45) is 5.92 Å². The molecular weight excluding hydrogens is 658 g/mol. The first-order chi connectivity index (χ1) is 23.3. The Hall–Kier alpha value is -4.11. The van der Waals surface area contributed by atoms with Crippen molar-refractivity contribution in [3.8, 4) is 5.75 Å². The molecule has 0 unspecified atom stereocenters. The fraction of sp³-hybridized carbons (Fsp3) is 0.429. The molecule has 1 aliphatic heterocycles. The molecule has 3 amide bonds. The lowest BCUT2D eigenvalue weighted by Gasteiger charge is -2.35. The van der Waals surface area contributed by atoms with Gasteiger partial charge in [0, 0.05) is 44.0 Å². The molecule has 0 spiro atoms. The summed E-state index contributed by atoms with van der Waals surface area (Å²) in [6.45, 7) is 5.47. The van der Waals surface area contributed by atoms with Crippen LogP contribution >= 0.6 is 0 Å². The number of anilines is 2. The van der Waals surface area contributed by atoms with E-state index in [4.69, 9.17) is 9.47 Å². The van der Waals surface area contributed by atoms with Gasteiger partial charge in [-0.15, -0.1) is 0 Å². The monoisotopic (exact) mass is 702 g/mol. The Labute approximate surface area is 286 Å². The normalized spacial score (nSPS) is 20.1. The molecule has 0 radical (unpaired) electrons. The third kappa shape index (κ3) is 10.2. The smallest absolute Gasteiger partial charge is 0.323 e. The molecule has 0 bridgehead atoms. The van der Waals surface area contributed by atoms with Crippen molar-refractivity contribution in [1.29, 1.82) is 0 Å². The fourth-order valence-electron chi connectivity index (χ4n) is 5.43. The molecule has 1 heterocycles. The number of nitrogens with zero attached hydrogens (tertiary/aromatic N) is 2. The second kappa shape index (κ2) is 17.0. The lowest BCUT2D eigenvalue weighted by Crippen LogP contribution is -2.48. The van der Waals surface area contributed by atoms with E-state index in [9.17, 15) is 31.9 Å². The highest BCUT2D eigenvalue weighted by Crippen LogP contribution is 2.29. The zero-order chi connectivity index (χ0) is 35.7. The number of rotatable bonds is 8. The first kappa shape index (κ1) is 37.7. The SMILES string of the molecule is C[C@@H]1CCCCO[C@@H](CN(C)S(=O)(=O)c2ccc(F)cc2)[C@@H](C)CN([C@H](C)CO)C(=O)c2cc(NC(=O)Nc3ccc(F)cc3)ccc2O1. The van der Waals surface area contributed by atoms with Crippen molar-refractivity contribution >= 4 is 33.3 Å². The largest absolute Gasteiger partial charge is 0.490 e. The maximum Gasteiger partial charge on any atom is 0.323 e. The summed E-state index contributed by atoms with van der Waals surface area (Å²) in [5, 5.41) is 15.5. The van der Waals surface area contributed by atoms with Crippen LogP contribution in [0, 0.1) is 17.6 Å². The minimum absolute atomic E-state index is 0.0379. The van der Waals surface area contributed by atoms with E-state index >= 15 is 0 Å². The molecule has 0 saturated carbocycles. The number of amides is 3. The van der Waals surface area contributed by atoms with Crippen LogP contribution in [0.25, 0.3) is 0 Å².